The number of pyridine rings is 3. The summed E-state index contributed by atoms with van der Waals surface area (Å²) in [4.78, 5) is 40.4. The fraction of sp³-hybridized carbons (Fsp3) is 0.391. The maximum atomic E-state index is 12.1. The predicted molar refractivity (Wildman–Crippen MR) is 123 cm³/mol. The molecular formula is C23H28N6O3. The second kappa shape index (κ2) is 9.35. The second-order valence-corrected chi connectivity index (χ2v) is 7.82. The van der Waals surface area contributed by atoms with Gasteiger partial charge in [0.05, 0.1) is 23.8 Å². The minimum atomic E-state index is -0.240. The lowest BCUT2D eigenvalue weighted by Gasteiger charge is -2.36. The molecule has 0 saturated carbocycles. The second-order valence-electron chi connectivity index (χ2n) is 7.82. The Bertz CT molecular complexity index is 1180. The summed E-state index contributed by atoms with van der Waals surface area (Å²) < 4.78 is 5.44. The highest BCUT2D eigenvalue weighted by Crippen LogP contribution is 2.27. The van der Waals surface area contributed by atoms with Crippen molar-refractivity contribution in [2.45, 2.75) is 19.9 Å². The number of aromatic nitrogens is 3. The number of ether oxygens (including phenoxy) is 1. The summed E-state index contributed by atoms with van der Waals surface area (Å²) in [5.41, 5.74) is 4.58. The van der Waals surface area contributed by atoms with Gasteiger partial charge in [0, 0.05) is 51.5 Å². The minimum Gasteiger partial charge on any atom is -0.480 e. The Labute approximate surface area is 186 Å². The van der Waals surface area contributed by atoms with Gasteiger partial charge in [0.1, 0.15) is 5.69 Å². The molecule has 9 heteroatoms. The summed E-state index contributed by atoms with van der Waals surface area (Å²) in [6.07, 6.45) is 2.57. The van der Waals surface area contributed by atoms with Crippen molar-refractivity contribution in [1.82, 2.24) is 25.2 Å². The molecular weight excluding hydrogens is 408 g/mol. The number of hydrogen-bond acceptors (Lipinski definition) is 7. The van der Waals surface area contributed by atoms with Crippen molar-refractivity contribution < 1.29 is 9.53 Å². The molecule has 0 spiro atoms. The molecule has 0 atom stereocenters. The van der Waals surface area contributed by atoms with E-state index >= 15 is 0 Å². The highest BCUT2D eigenvalue weighted by Gasteiger charge is 2.22. The first kappa shape index (κ1) is 21.8. The monoisotopic (exact) mass is 436 g/mol. The normalized spacial score (nSPS) is 14.5. The number of fused-ring (bicyclic) bond motifs is 1. The van der Waals surface area contributed by atoms with Crippen molar-refractivity contribution in [3.05, 3.63) is 57.6 Å². The first-order valence-electron chi connectivity index (χ1n) is 10.8. The molecule has 0 unspecified atom stereocenters. The van der Waals surface area contributed by atoms with Crippen molar-refractivity contribution in [2.24, 2.45) is 0 Å². The van der Waals surface area contributed by atoms with E-state index < -0.39 is 0 Å². The summed E-state index contributed by atoms with van der Waals surface area (Å²) in [6.45, 7) is 6.09. The number of nitrogens with one attached hydrogen (secondary N) is 2. The van der Waals surface area contributed by atoms with Crippen molar-refractivity contribution in [1.29, 1.82) is 0 Å². The van der Waals surface area contributed by atoms with Crippen LogP contribution in [0.2, 0.25) is 0 Å². The molecule has 4 rings (SSSR count). The largest absolute Gasteiger partial charge is 0.480 e. The summed E-state index contributed by atoms with van der Waals surface area (Å²) in [7, 11) is 3.14. The van der Waals surface area contributed by atoms with Crippen LogP contribution in [0.3, 0.4) is 0 Å². The molecule has 0 aromatic carbocycles. The van der Waals surface area contributed by atoms with Crippen LogP contribution >= 0.6 is 0 Å². The molecule has 1 aliphatic heterocycles. The van der Waals surface area contributed by atoms with E-state index in [0.717, 1.165) is 60.6 Å². The van der Waals surface area contributed by atoms with E-state index in [0.29, 0.717) is 18.0 Å². The van der Waals surface area contributed by atoms with Crippen LogP contribution in [0, 0.1) is 0 Å². The third-order valence-electron chi connectivity index (χ3n) is 5.82. The van der Waals surface area contributed by atoms with Gasteiger partial charge in [0.2, 0.25) is 5.88 Å². The van der Waals surface area contributed by atoms with E-state index in [1.165, 1.54) is 0 Å². The number of aromatic amines is 1. The smallest absolute Gasteiger partial charge is 0.269 e. The van der Waals surface area contributed by atoms with Crippen LogP contribution in [0.4, 0.5) is 5.69 Å². The van der Waals surface area contributed by atoms with E-state index in [1.54, 1.807) is 20.2 Å². The summed E-state index contributed by atoms with van der Waals surface area (Å²) in [5.74, 6) is 0.213. The van der Waals surface area contributed by atoms with Gasteiger partial charge in [0.15, 0.2) is 0 Å². The van der Waals surface area contributed by atoms with Gasteiger partial charge in [-0.3, -0.25) is 19.5 Å². The predicted octanol–water partition coefficient (Wildman–Crippen LogP) is 1.57. The number of aryl methyl sites for hydroxylation is 1. The number of rotatable bonds is 6. The molecule has 1 fully saturated rings. The minimum absolute atomic E-state index is 0.0439. The molecule has 3 aromatic rings. The Hall–Kier alpha value is -3.46. The van der Waals surface area contributed by atoms with E-state index in [4.69, 9.17) is 4.74 Å². The molecule has 1 saturated heterocycles. The number of amides is 1. The zero-order chi connectivity index (χ0) is 22.7. The molecule has 9 nitrogen and oxygen atoms in total. The molecule has 2 N–H and O–H groups in total. The quantitative estimate of drug-likeness (QED) is 0.605. The van der Waals surface area contributed by atoms with E-state index in [-0.39, 0.29) is 11.5 Å². The van der Waals surface area contributed by atoms with Crippen LogP contribution in [0.25, 0.3) is 11.0 Å². The van der Waals surface area contributed by atoms with Crippen LogP contribution in [-0.4, -0.2) is 66.1 Å². The summed E-state index contributed by atoms with van der Waals surface area (Å²) in [6, 6.07) is 7.49. The Balaban J connectivity index is 1.43. The molecule has 1 amide bonds. The van der Waals surface area contributed by atoms with Crippen molar-refractivity contribution in [2.75, 3.05) is 45.2 Å². The standard InChI is InChI=1S/C23H28N6O3/c1-4-16-12-18-19(26-21(16)30)11-15(13-25-18)14-28-7-9-29(10-8-28)20-6-5-17(22(31)24-2)27-23(20)32-3/h5-6,11-13H,4,7-10,14H2,1-3H3,(H,24,31)(H,26,30). The van der Waals surface area contributed by atoms with Gasteiger partial charge in [-0.1, -0.05) is 6.92 Å². The lowest BCUT2D eigenvalue weighted by atomic mass is 10.1. The zero-order valence-corrected chi connectivity index (χ0v) is 18.6. The average Bonchev–Trinajstić information content (AvgIpc) is 2.83. The number of hydrogen-bond donors (Lipinski definition) is 2. The first-order chi connectivity index (χ1) is 15.5. The van der Waals surface area contributed by atoms with Crippen LogP contribution in [-0.2, 0) is 13.0 Å². The lowest BCUT2D eigenvalue weighted by molar-refractivity contribution is 0.0957. The molecule has 1 aliphatic rings. The fourth-order valence-electron chi connectivity index (χ4n) is 4.00. The first-order valence-corrected chi connectivity index (χ1v) is 10.8. The highest BCUT2D eigenvalue weighted by atomic mass is 16.5. The Morgan fingerprint density at radius 3 is 2.69 bits per heavy atom. The van der Waals surface area contributed by atoms with Crippen LogP contribution in [0.1, 0.15) is 28.5 Å². The maximum Gasteiger partial charge on any atom is 0.269 e. The highest BCUT2D eigenvalue weighted by molar-refractivity contribution is 5.92. The zero-order valence-electron chi connectivity index (χ0n) is 18.6. The van der Waals surface area contributed by atoms with E-state index in [2.05, 4.69) is 30.1 Å². The number of carbonyl (C=O) groups is 1. The van der Waals surface area contributed by atoms with Crippen LogP contribution in [0.15, 0.2) is 35.3 Å². The van der Waals surface area contributed by atoms with E-state index in [9.17, 15) is 9.59 Å². The van der Waals surface area contributed by atoms with Gasteiger partial charge in [-0.25, -0.2) is 4.98 Å². The fourth-order valence-corrected chi connectivity index (χ4v) is 4.00. The molecule has 0 aliphatic carbocycles. The Morgan fingerprint density at radius 2 is 2.00 bits per heavy atom. The topological polar surface area (TPSA) is 103 Å². The van der Waals surface area contributed by atoms with Crippen LogP contribution < -0.4 is 20.5 Å². The molecule has 3 aromatic heterocycles. The summed E-state index contributed by atoms with van der Waals surface area (Å²) in [5, 5.41) is 2.58. The SMILES string of the molecule is CCc1cc2ncc(CN3CCN(c4ccc(C(=O)NC)nc4OC)CC3)cc2[nH]c1=O. The van der Waals surface area contributed by atoms with Gasteiger partial charge in [0.25, 0.3) is 11.5 Å². The number of H-pyrrole nitrogens is 1. The van der Waals surface area contributed by atoms with E-state index in [1.807, 2.05) is 31.3 Å². The molecule has 0 radical (unpaired) electrons. The molecule has 32 heavy (non-hydrogen) atoms. The molecule has 4 heterocycles. The summed E-state index contributed by atoms with van der Waals surface area (Å²) >= 11 is 0. The number of nitrogens with zero attached hydrogens (tertiary/aromatic N) is 4. The molecule has 168 valence electrons. The van der Waals surface area contributed by atoms with Crippen molar-refractivity contribution in [3.8, 4) is 5.88 Å². The van der Waals surface area contributed by atoms with Crippen molar-refractivity contribution >= 4 is 22.6 Å². The number of methoxy groups -OCH3 is 1. The Kier molecular flexibility index (Phi) is 6.36. The third-order valence-corrected chi connectivity index (χ3v) is 5.82. The van der Waals surface area contributed by atoms with Gasteiger partial charge in [-0.05, 0) is 36.2 Å². The Morgan fingerprint density at radius 1 is 1.22 bits per heavy atom. The number of anilines is 1. The van der Waals surface area contributed by atoms with Gasteiger partial charge in [-0.2, -0.15) is 0 Å². The number of carbonyl (C=O) groups excluding carboxylic acids is 1. The number of piperazine rings is 1. The van der Waals surface area contributed by atoms with Crippen molar-refractivity contribution in [3.63, 3.8) is 0 Å². The third kappa shape index (κ3) is 4.43. The van der Waals surface area contributed by atoms with Gasteiger partial charge < -0.3 is 19.9 Å². The van der Waals surface area contributed by atoms with Crippen LogP contribution in [0.5, 0.6) is 5.88 Å². The van der Waals surface area contributed by atoms with Gasteiger partial charge >= 0.3 is 0 Å². The van der Waals surface area contributed by atoms with Gasteiger partial charge in [-0.15, -0.1) is 0 Å². The molecule has 0 bridgehead atoms. The lowest BCUT2D eigenvalue weighted by Crippen LogP contribution is -2.46. The maximum absolute atomic E-state index is 12.1. The average molecular weight is 437 g/mol.